The maximum atomic E-state index is 13.3. The number of fused-ring (bicyclic) bond motifs is 1. The minimum absolute atomic E-state index is 0.115. The van der Waals surface area contributed by atoms with E-state index in [2.05, 4.69) is 4.98 Å². The Kier molecular flexibility index (Phi) is 5.99. The maximum Gasteiger partial charge on any atom is 0.307 e. The summed E-state index contributed by atoms with van der Waals surface area (Å²) in [6, 6.07) is 11.3. The number of thiazole rings is 1. The van der Waals surface area contributed by atoms with Crippen LogP contribution >= 0.6 is 34.7 Å². The summed E-state index contributed by atoms with van der Waals surface area (Å²) in [4.78, 5) is 32.3. The number of anilines is 1. The molecule has 4 rings (SSSR count). The Hall–Kier alpha value is -2.55. The van der Waals surface area contributed by atoms with Gasteiger partial charge >= 0.3 is 5.97 Å². The number of benzene rings is 1. The van der Waals surface area contributed by atoms with Gasteiger partial charge in [0.15, 0.2) is 0 Å². The molecule has 3 heterocycles. The number of ether oxygens (including phenoxy) is 1. The molecule has 0 unspecified atom stereocenters. The predicted octanol–water partition coefficient (Wildman–Crippen LogP) is 2.66. The lowest BCUT2D eigenvalue weighted by atomic mass is 10.3. The zero-order valence-corrected chi connectivity index (χ0v) is 18.7. The SMILES string of the molecule is COC(=O)CCn1c(=O)/c(=C2\Sc3cc(Cl)ccc3N2C)s/c1=C\c1ccccn1. The standard InChI is InChI=1S/C21H18ClN3O3S2/c1-24-15-7-6-13(22)11-16(15)29-21(24)19-20(27)25(10-8-18(26)28-2)17(30-19)12-14-5-3-4-9-23-14/h3-7,9,11-12H,8,10H2,1-2H3/b17-12-,21-19+. The van der Waals surface area contributed by atoms with Crippen molar-refractivity contribution in [2.45, 2.75) is 17.9 Å². The molecule has 1 aromatic carbocycles. The molecule has 0 aliphatic carbocycles. The molecule has 0 saturated heterocycles. The lowest BCUT2D eigenvalue weighted by molar-refractivity contribution is -0.140. The number of aromatic nitrogens is 2. The molecule has 6 nitrogen and oxygen atoms in total. The van der Waals surface area contributed by atoms with Gasteiger partial charge in [0.2, 0.25) is 0 Å². The molecular weight excluding hydrogens is 442 g/mol. The predicted molar refractivity (Wildman–Crippen MR) is 121 cm³/mol. The van der Waals surface area contributed by atoms with Gasteiger partial charge in [0.25, 0.3) is 5.56 Å². The number of carbonyl (C=O) groups excluding carboxylic acids is 1. The Labute approximate surface area is 186 Å². The van der Waals surface area contributed by atoms with Crippen LogP contribution in [0.5, 0.6) is 0 Å². The van der Waals surface area contributed by atoms with E-state index in [4.69, 9.17) is 16.3 Å². The first-order valence-electron chi connectivity index (χ1n) is 9.12. The van der Waals surface area contributed by atoms with Gasteiger partial charge in [-0.15, -0.1) is 11.3 Å². The fraction of sp³-hybridized carbons (Fsp3) is 0.190. The number of hydrogen-bond acceptors (Lipinski definition) is 7. The minimum Gasteiger partial charge on any atom is -0.469 e. The number of halogens is 1. The third kappa shape index (κ3) is 4.03. The van der Waals surface area contributed by atoms with Crippen molar-refractivity contribution in [2.75, 3.05) is 19.1 Å². The summed E-state index contributed by atoms with van der Waals surface area (Å²) in [6.07, 6.45) is 3.67. The normalized spacial score (nSPS) is 15.4. The van der Waals surface area contributed by atoms with Crippen molar-refractivity contribution < 1.29 is 9.53 Å². The van der Waals surface area contributed by atoms with Gasteiger partial charge in [-0.2, -0.15) is 0 Å². The highest BCUT2D eigenvalue weighted by molar-refractivity contribution is 8.08. The summed E-state index contributed by atoms with van der Waals surface area (Å²) in [7, 11) is 3.27. The number of nitrogens with zero attached hydrogens (tertiary/aromatic N) is 3. The van der Waals surface area contributed by atoms with Crippen LogP contribution in [0.2, 0.25) is 5.02 Å². The van der Waals surface area contributed by atoms with Crippen LogP contribution in [-0.2, 0) is 16.1 Å². The Bertz CT molecular complexity index is 1290. The Balaban J connectivity index is 1.88. The quantitative estimate of drug-likeness (QED) is 0.559. The van der Waals surface area contributed by atoms with Gasteiger partial charge in [-0.3, -0.25) is 19.1 Å². The summed E-state index contributed by atoms with van der Waals surface area (Å²) in [5.74, 6) is -0.361. The lowest BCUT2D eigenvalue weighted by Gasteiger charge is -2.12. The van der Waals surface area contributed by atoms with Crippen molar-refractivity contribution in [2.24, 2.45) is 0 Å². The first-order valence-corrected chi connectivity index (χ1v) is 11.1. The highest BCUT2D eigenvalue weighted by Gasteiger charge is 2.25. The van der Waals surface area contributed by atoms with Crippen molar-refractivity contribution in [1.82, 2.24) is 9.55 Å². The molecule has 3 aromatic rings. The summed E-state index contributed by atoms with van der Waals surface area (Å²) < 4.78 is 7.70. The molecule has 1 aliphatic heterocycles. The molecule has 0 atom stereocenters. The zero-order chi connectivity index (χ0) is 21.3. The van der Waals surface area contributed by atoms with Gasteiger partial charge in [0.1, 0.15) is 14.2 Å². The zero-order valence-electron chi connectivity index (χ0n) is 16.3. The molecule has 154 valence electrons. The van der Waals surface area contributed by atoms with Crippen molar-refractivity contribution in [3.8, 4) is 0 Å². The van der Waals surface area contributed by atoms with E-state index in [1.807, 2.05) is 54.4 Å². The van der Waals surface area contributed by atoms with E-state index in [1.54, 1.807) is 10.8 Å². The first kappa shape index (κ1) is 20.7. The third-order valence-corrected chi connectivity index (χ3v) is 7.33. The molecule has 0 saturated carbocycles. The van der Waals surface area contributed by atoms with Gasteiger partial charge in [0.05, 0.1) is 24.9 Å². The fourth-order valence-corrected chi connectivity index (χ4v) is 5.80. The number of hydrogen-bond donors (Lipinski definition) is 0. The second-order valence-electron chi connectivity index (χ2n) is 6.53. The molecule has 0 amide bonds. The number of pyridine rings is 1. The fourth-order valence-electron chi connectivity index (χ4n) is 3.10. The van der Waals surface area contributed by atoms with Crippen LogP contribution in [-0.4, -0.2) is 29.7 Å². The largest absolute Gasteiger partial charge is 0.469 e. The van der Waals surface area contributed by atoms with E-state index in [0.29, 0.717) is 9.55 Å². The first-order chi connectivity index (χ1) is 14.5. The molecule has 0 fully saturated rings. The summed E-state index contributed by atoms with van der Waals surface area (Å²) >= 11 is 9.04. The van der Waals surface area contributed by atoms with Crippen molar-refractivity contribution in [3.63, 3.8) is 0 Å². The Morgan fingerprint density at radius 2 is 2.13 bits per heavy atom. The number of thioether (sulfide) groups is 1. The van der Waals surface area contributed by atoms with Crippen LogP contribution in [0.25, 0.3) is 11.1 Å². The molecule has 30 heavy (non-hydrogen) atoms. The van der Waals surface area contributed by atoms with E-state index in [1.165, 1.54) is 30.2 Å². The number of rotatable bonds is 4. The van der Waals surface area contributed by atoms with E-state index in [0.717, 1.165) is 26.0 Å². The third-order valence-electron chi connectivity index (χ3n) is 4.63. The van der Waals surface area contributed by atoms with Crippen molar-refractivity contribution in [3.05, 3.63) is 72.9 Å². The Morgan fingerprint density at radius 3 is 2.87 bits per heavy atom. The monoisotopic (exact) mass is 459 g/mol. The smallest absolute Gasteiger partial charge is 0.307 e. The second kappa shape index (κ2) is 8.67. The summed E-state index contributed by atoms with van der Waals surface area (Å²) in [5.41, 5.74) is 1.60. The molecule has 0 spiro atoms. The van der Waals surface area contributed by atoms with Crippen molar-refractivity contribution >= 4 is 57.5 Å². The summed E-state index contributed by atoms with van der Waals surface area (Å²) in [6.45, 7) is 0.237. The van der Waals surface area contributed by atoms with Crippen LogP contribution in [0.1, 0.15) is 12.1 Å². The average Bonchev–Trinajstić information content (AvgIpc) is 3.22. The Morgan fingerprint density at radius 1 is 1.30 bits per heavy atom. The highest BCUT2D eigenvalue weighted by atomic mass is 35.5. The van der Waals surface area contributed by atoms with E-state index < -0.39 is 0 Å². The van der Waals surface area contributed by atoms with Gasteiger partial charge in [0, 0.05) is 29.7 Å². The van der Waals surface area contributed by atoms with Gasteiger partial charge in [-0.25, -0.2) is 0 Å². The van der Waals surface area contributed by atoms with Gasteiger partial charge in [-0.05, 0) is 36.4 Å². The van der Waals surface area contributed by atoms with E-state index in [-0.39, 0.29) is 24.5 Å². The molecule has 1 aliphatic rings. The van der Waals surface area contributed by atoms with Crippen LogP contribution in [0.4, 0.5) is 5.69 Å². The number of esters is 1. The maximum absolute atomic E-state index is 13.3. The van der Waals surface area contributed by atoms with Crippen molar-refractivity contribution in [1.29, 1.82) is 0 Å². The number of carbonyl (C=O) groups is 1. The topological polar surface area (TPSA) is 64.4 Å². The van der Waals surface area contributed by atoms with Gasteiger partial charge in [-0.1, -0.05) is 29.4 Å². The molecule has 2 aromatic heterocycles. The summed E-state index contributed by atoms with van der Waals surface area (Å²) in [5, 5.41) is 1.50. The highest BCUT2D eigenvalue weighted by Crippen LogP contribution is 2.46. The molecule has 0 bridgehead atoms. The second-order valence-corrected chi connectivity index (χ2v) is 9.03. The van der Waals surface area contributed by atoms with Gasteiger partial charge < -0.3 is 9.64 Å². The minimum atomic E-state index is -0.361. The van der Waals surface area contributed by atoms with Crippen LogP contribution in [0.15, 0.2) is 52.3 Å². The molecule has 0 radical (unpaired) electrons. The van der Waals surface area contributed by atoms with E-state index in [9.17, 15) is 9.59 Å². The van der Waals surface area contributed by atoms with E-state index >= 15 is 0 Å². The average molecular weight is 460 g/mol. The lowest BCUT2D eigenvalue weighted by Crippen LogP contribution is -2.34. The number of methoxy groups -OCH3 is 1. The molecule has 9 heteroatoms. The van der Waals surface area contributed by atoms with Crippen LogP contribution < -0.4 is 19.7 Å². The van der Waals surface area contributed by atoms with Crippen LogP contribution in [0, 0.1) is 0 Å². The molecule has 0 N–H and O–H groups in total. The molecular formula is C21H18ClN3O3S2. The van der Waals surface area contributed by atoms with Crippen LogP contribution in [0.3, 0.4) is 0 Å².